The van der Waals surface area contributed by atoms with Crippen molar-refractivity contribution in [2.75, 3.05) is 20.3 Å². The molecule has 0 aliphatic carbocycles. The Bertz CT molecular complexity index is 244. The molecule has 0 aliphatic heterocycles. The maximum absolute atomic E-state index is 11.1. The van der Waals surface area contributed by atoms with Gasteiger partial charge in [0.15, 0.2) is 6.04 Å². The molecule has 1 amide bonds. The van der Waals surface area contributed by atoms with E-state index in [2.05, 4.69) is 16.0 Å². The van der Waals surface area contributed by atoms with Gasteiger partial charge in [0.1, 0.15) is 6.61 Å². The lowest BCUT2D eigenvalue weighted by Crippen LogP contribution is -2.43. The number of terminal acetylenes is 1. The number of ether oxygens (including phenoxy) is 2. The van der Waals surface area contributed by atoms with Crippen molar-refractivity contribution in [3.05, 3.63) is 0 Å². The van der Waals surface area contributed by atoms with Gasteiger partial charge in [0.2, 0.25) is 5.91 Å². The van der Waals surface area contributed by atoms with Gasteiger partial charge in [-0.1, -0.05) is 5.92 Å². The molecule has 0 radical (unpaired) electrons. The van der Waals surface area contributed by atoms with Crippen molar-refractivity contribution in [2.45, 2.75) is 13.0 Å². The highest BCUT2D eigenvalue weighted by atomic mass is 16.5. The zero-order valence-corrected chi connectivity index (χ0v) is 8.20. The Balaban J connectivity index is 4.05. The van der Waals surface area contributed by atoms with E-state index in [4.69, 9.17) is 11.2 Å². The Labute approximate surface area is 82.8 Å². The number of rotatable bonds is 5. The van der Waals surface area contributed by atoms with Crippen LogP contribution in [0.3, 0.4) is 0 Å². The number of methoxy groups -OCH3 is 1. The van der Waals surface area contributed by atoms with Crippen LogP contribution in [0.5, 0.6) is 0 Å². The van der Waals surface area contributed by atoms with Crippen LogP contribution >= 0.6 is 0 Å². The number of hydrogen-bond donors (Lipinski definition) is 1. The van der Waals surface area contributed by atoms with Gasteiger partial charge >= 0.3 is 5.97 Å². The highest BCUT2D eigenvalue weighted by Gasteiger charge is 2.19. The molecule has 0 spiro atoms. The summed E-state index contributed by atoms with van der Waals surface area (Å²) in [5.41, 5.74) is 0. The van der Waals surface area contributed by atoms with Crippen molar-refractivity contribution in [3.8, 4) is 12.3 Å². The van der Waals surface area contributed by atoms with E-state index in [1.54, 1.807) is 0 Å². The Morgan fingerprint density at radius 3 is 2.64 bits per heavy atom. The normalized spacial score (nSPS) is 11.2. The molecule has 0 unspecified atom stereocenters. The van der Waals surface area contributed by atoms with Crippen LogP contribution in [0.1, 0.15) is 6.92 Å². The molecule has 0 rings (SSSR count). The lowest BCUT2D eigenvalue weighted by molar-refractivity contribution is -0.146. The molecular weight excluding hydrogens is 186 g/mol. The summed E-state index contributed by atoms with van der Waals surface area (Å²) in [6.45, 7) is 1.40. The second-order valence-corrected chi connectivity index (χ2v) is 2.50. The molecule has 0 saturated carbocycles. The van der Waals surface area contributed by atoms with Crippen LogP contribution in [0, 0.1) is 12.3 Å². The Morgan fingerprint density at radius 1 is 1.57 bits per heavy atom. The average molecular weight is 199 g/mol. The summed E-state index contributed by atoms with van der Waals surface area (Å²) in [7, 11) is 1.23. The molecule has 1 atom stereocenters. The maximum Gasteiger partial charge on any atom is 0.330 e. The van der Waals surface area contributed by atoms with Crippen LogP contribution in [0.2, 0.25) is 0 Å². The van der Waals surface area contributed by atoms with Gasteiger partial charge in [-0.15, -0.1) is 6.42 Å². The van der Waals surface area contributed by atoms with E-state index in [0.29, 0.717) is 0 Å². The zero-order valence-electron chi connectivity index (χ0n) is 8.20. The highest BCUT2D eigenvalue weighted by molar-refractivity contribution is 5.83. The van der Waals surface area contributed by atoms with Crippen LogP contribution in [0.15, 0.2) is 0 Å². The number of amides is 1. The molecule has 0 aromatic heterocycles. The molecule has 0 aliphatic rings. The monoisotopic (exact) mass is 199 g/mol. The average Bonchev–Trinajstić information content (AvgIpc) is 2.15. The molecule has 0 bridgehead atoms. The molecule has 0 aromatic rings. The second-order valence-electron chi connectivity index (χ2n) is 2.50. The van der Waals surface area contributed by atoms with E-state index >= 15 is 0 Å². The van der Waals surface area contributed by atoms with Crippen LogP contribution in [-0.2, 0) is 19.1 Å². The summed E-state index contributed by atoms with van der Waals surface area (Å²) in [5.74, 6) is 1.36. The molecule has 0 fully saturated rings. The van der Waals surface area contributed by atoms with Gasteiger partial charge in [0.05, 0.1) is 13.7 Å². The first-order valence-corrected chi connectivity index (χ1v) is 3.98. The fraction of sp³-hybridized carbons (Fsp3) is 0.556. The first kappa shape index (κ1) is 12.5. The zero-order chi connectivity index (χ0) is 11.0. The maximum atomic E-state index is 11.1. The van der Waals surface area contributed by atoms with Crippen LogP contribution in [-0.4, -0.2) is 38.2 Å². The predicted octanol–water partition coefficient (Wildman–Crippen LogP) is -0.686. The summed E-state index contributed by atoms with van der Waals surface area (Å²) in [5, 5.41) is 2.38. The molecule has 78 valence electrons. The van der Waals surface area contributed by atoms with E-state index in [9.17, 15) is 9.59 Å². The van der Waals surface area contributed by atoms with Crippen molar-refractivity contribution >= 4 is 11.9 Å². The quantitative estimate of drug-likeness (QED) is 0.362. The standard InChI is InChI=1S/C9H13NO4/c1-4-5-14-6-8(9(12)13-3)10-7(2)11/h1,8H,5-6H2,2-3H3,(H,10,11)/t8-/m1/s1. The van der Waals surface area contributed by atoms with E-state index in [1.807, 2.05) is 0 Å². The molecule has 5 nitrogen and oxygen atoms in total. The van der Waals surface area contributed by atoms with Crippen molar-refractivity contribution in [1.29, 1.82) is 0 Å². The number of esters is 1. The first-order chi connectivity index (χ1) is 6.61. The van der Waals surface area contributed by atoms with Gasteiger partial charge in [0, 0.05) is 6.92 Å². The van der Waals surface area contributed by atoms with Gasteiger partial charge in [-0.25, -0.2) is 4.79 Å². The van der Waals surface area contributed by atoms with Gasteiger partial charge in [0.25, 0.3) is 0 Å². The Hall–Kier alpha value is -1.54. The van der Waals surface area contributed by atoms with Gasteiger partial charge in [-0.3, -0.25) is 4.79 Å². The number of hydrogen-bond acceptors (Lipinski definition) is 4. The highest BCUT2D eigenvalue weighted by Crippen LogP contribution is 1.90. The lowest BCUT2D eigenvalue weighted by atomic mass is 10.3. The van der Waals surface area contributed by atoms with Crippen LogP contribution < -0.4 is 5.32 Å². The summed E-state index contributed by atoms with van der Waals surface area (Å²) in [6.07, 6.45) is 4.95. The molecular formula is C9H13NO4. The summed E-state index contributed by atoms with van der Waals surface area (Å²) < 4.78 is 9.38. The van der Waals surface area contributed by atoms with Gasteiger partial charge in [-0.05, 0) is 0 Å². The third kappa shape index (κ3) is 5.17. The van der Waals surface area contributed by atoms with Crippen molar-refractivity contribution < 1.29 is 19.1 Å². The molecule has 5 heteroatoms. The summed E-state index contributed by atoms with van der Waals surface area (Å²) >= 11 is 0. The molecule has 14 heavy (non-hydrogen) atoms. The minimum absolute atomic E-state index is 0.0104. The van der Waals surface area contributed by atoms with Crippen molar-refractivity contribution in [1.82, 2.24) is 5.32 Å². The molecule has 0 aromatic carbocycles. The van der Waals surface area contributed by atoms with Gasteiger partial charge < -0.3 is 14.8 Å². The van der Waals surface area contributed by atoms with Crippen molar-refractivity contribution in [3.63, 3.8) is 0 Å². The van der Waals surface area contributed by atoms with Gasteiger partial charge in [-0.2, -0.15) is 0 Å². The van der Waals surface area contributed by atoms with Crippen LogP contribution in [0.4, 0.5) is 0 Å². The molecule has 0 saturated heterocycles. The fourth-order valence-electron chi connectivity index (χ4n) is 0.792. The summed E-state index contributed by atoms with van der Waals surface area (Å²) in [4.78, 5) is 21.8. The van der Waals surface area contributed by atoms with E-state index < -0.39 is 12.0 Å². The number of nitrogens with one attached hydrogen (secondary N) is 1. The molecule has 0 heterocycles. The van der Waals surface area contributed by atoms with E-state index in [1.165, 1.54) is 14.0 Å². The number of carbonyl (C=O) groups excluding carboxylic acids is 2. The second kappa shape index (κ2) is 6.92. The SMILES string of the molecule is C#CCOC[C@@H](NC(C)=O)C(=O)OC. The first-order valence-electron chi connectivity index (χ1n) is 3.98. The Kier molecular flexibility index (Phi) is 6.16. The van der Waals surface area contributed by atoms with Crippen LogP contribution in [0.25, 0.3) is 0 Å². The van der Waals surface area contributed by atoms with Crippen molar-refractivity contribution in [2.24, 2.45) is 0 Å². The largest absolute Gasteiger partial charge is 0.467 e. The minimum atomic E-state index is -0.800. The molecule has 1 N–H and O–H groups in total. The minimum Gasteiger partial charge on any atom is -0.467 e. The lowest BCUT2D eigenvalue weighted by Gasteiger charge is -2.14. The topological polar surface area (TPSA) is 64.6 Å². The smallest absolute Gasteiger partial charge is 0.330 e. The van der Waals surface area contributed by atoms with E-state index in [0.717, 1.165) is 0 Å². The van der Waals surface area contributed by atoms with E-state index in [-0.39, 0.29) is 19.1 Å². The number of carbonyl (C=O) groups is 2. The predicted molar refractivity (Wildman–Crippen MR) is 49.3 cm³/mol. The third-order valence-corrected chi connectivity index (χ3v) is 1.33. The third-order valence-electron chi connectivity index (χ3n) is 1.33. The summed E-state index contributed by atoms with van der Waals surface area (Å²) in [6, 6.07) is -0.800. The fourth-order valence-corrected chi connectivity index (χ4v) is 0.792. The Morgan fingerprint density at radius 2 is 2.21 bits per heavy atom.